The Hall–Kier alpha value is -1.44. The predicted molar refractivity (Wildman–Crippen MR) is 68.2 cm³/mol. The number of halogens is 1. The van der Waals surface area contributed by atoms with Gasteiger partial charge < -0.3 is 5.73 Å². The Kier molecular flexibility index (Phi) is 3.95. The maximum Gasteiger partial charge on any atom is 0.140 e. The Morgan fingerprint density at radius 2 is 2.33 bits per heavy atom. The third kappa shape index (κ3) is 2.87. The number of rotatable bonds is 2. The van der Waals surface area contributed by atoms with Gasteiger partial charge in [0.2, 0.25) is 0 Å². The van der Waals surface area contributed by atoms with Gasteiger partial charge in [0.05, 0.1) is 5.56 Å². The lowest BCUT2D eigenvalue weighted by atomic mass is 9.98. The van der Waals surface area contributed by atoms with E-state index >= 15 is 0 Å². The minimum atomic E-state index is -0.449. The monoisotopic (exact) mass is 247 g/mol. The second-order valence-electron chi connectivity index (χ2n) is 5.03. The summed E-state index contributed by atoms with van der Waals surface area (Å²) >= 11 is 0. The van der Waals surface area contributed by atoms with Gasteiger partial charge >= 0.3 is 0 Å². The Bertz CT molecular complexity index is 467. The standard InChI is InChI=1S/C14H18FN3/c1-10-6-13(17)4-5-18(10)9-11-2-3-14(15)12(7-11)8-16/h2-3,7,10,13H,4-6,9,17H2,1H3. The van der Waals surface area contributed by atoms with Gasteiger partial charge in [-0.05, 0) is 37.5 Å². The summed E-state index contributed by atoms with van der Waals surface area (Å²) in [6.45, 7) is 3.87. The molecule has 2 unspecified atom stereocenters. The van der Waals surface area contributed by atoms with E-state index in [1.807, 2.05) is 6.07 Å². The highest BCUT2D eigenvalue weighted by atomic mass is 19.1. The summed E-state index contributed by atoms with van der Waals surface area (Å²) in [7, 11) is 0. The van der Waals surface area contributed by atoms with E-state index in [9.17, 15) is 4.39 Å². The third-order valence-corrected chi connectivity index (χ3v) is 3.59. The lowest BCUT2D eigenvalue weighted by molar-refractivity contribution is 0.140. The summed E-state index contributed by atoms with van der Waals surface area (Å²) in [6, 6.07) is 7.36. The summed E-state index contributed by atoms with van der Waals surface area (Å²) in [6.07, 6.45) is 1.99. The molecule has 2 rings (SSSR count). The van der Waals surface area contributed by atoms with Crippen molar-refractivity contribution in [3.05, 3.63) is 35.1 Å². The first-order chi connectivity index (χ1) is 8.60. The van der Waals surface area contributed by atoms with Crippen molar-refractivity contribution in [3.63, 3.8) is 0 Å². The van der Waals surface area contributed by atoms with Gasteiger partial charge in [-0.1, -0.05) is 6.07 Å². The molecule has 0 aromatic heterocycles. The van der Waals surface area contributed by atoms with Gasteiger partial charge in [0.25, 0.3) is 0 Å². The van der Waals surface area contributed by atoms with E-state index in [-0.39, 0.29) is 5.56 Å². The molecule has 0 amide bonds. The minimum absolute atomic E-state index is 0.119. The fraction of sp³-hybridized carbons (Fsp3) is 0.500. The first kappa shape index (κ1) is 13.0. The van der Waals surface area contributed by atoms with Crippen molar-refractivity contribution < 1.29 is 4.39 Å². The van der Waals surface area contributed by atoms with E-state index < -0.39 is 5.82 Å². The summed E-state index contributed by atoms with van der Waals surface area (Å²) in [5, 5.41) is 8.82. The highest BCUT2D eigenvalue weighted by Gasteiger charge is 2.23. The quantitative estimate of drug-likeness (QED) is 0.869. The number of nitrogens with two attached hydrogens (primary N) is 1. The lowest BCUT2D eigenvalue weighted by Gasteiger charge is -2.36. The van der Waals surface area contributed by atoms with Crippen LogP contribution in [0.15, 0.2) is 18.2 Å². The zero-order valence-electron chi connectivity index (χ0n) is 10.6. The van der Waals surface area contributed by atoms with Gasteiger partial charge in [-0.25, -0.2) is 4.39 Å². The minimum Gasteiger partial charge on any atom is -0.328 e. The fourth-order valence-electron chi connectivity index (χ4n) is 2.48. The molecule has 1 saturated heterocycles. The molecule has 1 fully saturated rings. The van der Waals surface area contributed by atoms with Crippen molar-refractivity contribution in [3.8, 4) is 6.07 Å². The highest BCUT2D eigenvalue weighted by Crippen LogP contribution is 2.19. The normalized spacial score (nSPS) is 24.8. The molecule has 0 aliphatic carbocycles. The third-order valence-electron chi connectivity index (χ3n) is 3.59. The van der Waals surface area contributed by atoms with Gasteiger partial charge in [0.1, 0.15) is 11.9 Å². The van der Waals surface area contributed by atoms with E-state index in [0.29, 0.717) is 12.1 Å². The molecule has 2 atom stereocenters. The first-order valence-electron chi connectivity index (χ1n) is 6.28. The van der Waals surface area contributed by atoms with Crippen molar-refractivity contribution in [2.24, 2.45) is 5.73 Å². The molecule has 2 N–H and O–H groups in total. The maximum atomic E-state index is 13.2. The van der Waals surface area contributed by atoms with E-state index in [4.69, 9.17) is 11.0 Å². The summed E-state index contributed by atoms with van der Waals surface area (Å²) < 4.78 is 13.2. The van der Waals surface area contributed by atoms with E-state index in [0.717, 1.165) is 31.5 Å². The van der Waals surface area contributed by atoms with Crippen LogP contribution in [0, 0.1) is 17.1 Å². The molecule has 96 valence electrons. The van der Waals surface area contributed by atoms with Gasteiger partial charge in [-0.15, -0.1) is 0 Å². The Morgan fingerprint density at radius 1 is 1.56 bits per heavy atom. The maximum absolute atomic E-state index is 13.2. The molecule has 0 spiro atoms. The van der Waals surface area contributed by atoms with Crippen molar-refractivity contribution in [1.29, 1.82) is 5.26 Å². The number of hydrogen-bond donors (Lipinski definition) is 1. The van der Waals surface area contributed by atoms with Crippen LogP contribution in [-0.2, 0) is 6.54 Å². The van der Waals surface area contributed by atoms with Gasteiger partial charge in [0, 0.05) is 25.2 Å². The molecule has 1 heterocycles. The molecule has 3 nitrogen and oxygen atoms in total. The number of likely N-dealkylation sites (tertiary alicyclic amines) is 1. The molecule has 0 radical (unpaired) electrons. The summed E-state index contributed by atoms with van der Waals surface area (Å²) in [5.41, 5.74) is 7.03. The first-order valence-corrected chi connectivity index (χ1v) is 6.28. The van der Waals surface area contributed by atoms with Crippen LogP contribution in [0.1, 0.15) is 30.9 Å². The molecular formula is C14H18FN3. The molecule has 0 saturated carbocycles. The van der Waals surface area contributed by atoms with E-state index in [2.05, 4.69) is 11.8 Å². The molecule has 1 aliphatic rings. The SMILES string of the molecule is CC1CC(N)CCN1Cc1ccc(F)c(C#N)c1. The number of benzene rings is 1. The molecule has 1 aliphatic heterocycles. The molecule has 18 heavy (non-hydrogen) atoms. The fourth-order valence-corrected chi connectivity index (χ4v) is 2.48. The molecule has 4 heteroatoms. The number of nitriles is 1. The van der Waals surface area contributed by atoms with Crippen LogP contribution in [0.25, 0.3) is 0 Å². The summed E-state index contributed by atoms with van der Waals surface area (Å²) in [5.74, 6) is -0.449. The zero-order chi connectivity index (χ0) is 13.1. The van der Waals surface area contributed by atoms with Crippen molar-refractivity contribution in [2.75, 3.05) is 6.54 Å². The van der Waals surface area contributed by atoms with E-state index in [1.165, 1.54) is 6.07 Å². The van der Waals surface area contributed by atoms with Crippen molar-refractivity contribution >= 4 is 0 Å². The van der Waals surface area contributed by atoms with Crippen LogP contribution in [0.5, 0.6) is 0 Å². The molecule has 1 aromatic rings. The van der Waals surface area contributed by atoms with Crippen LogP contribution in [0.2, 0.25) is 0 Å². The van der Waals surface area contributed by atoms with Gasteiger partial charge in [-0.2, -0.15) is 5.26 Å². The molecular weight excluding hydrogens is 229 g/mol. The Labute approximate surface area is 107 Å². The predicted octanol–water partition coefficient (Wildman–Crippen LogP) is 2.01. The number of piperidine rings is 1. The topological polar surface area (TPSA) is 53.0 Å². The van der Waals surface area contributed by atoms with Crippen LogP contribution < -0.4 is 5.73 Å². The second-order valence-corrected chi connectivity index (χ2v) is 5.03. The van der Waals surface area contributed by atoms with Crippen LogP contribution in [0.3, 0.4) is 0 Å². The summed E-state index contributed by atoms with van der Waals surface area (Å²) in [4.78, 5) is 2.33. The van der Waals surface area contributed by atoms with Crippen LogP contribution >= 0.6 is 0 Å². The highest BCUT2D eigenvalue weighted by molar-refractivity contribution is 5.34. The smallest absolute Gasteiger partial charge is 0.140 e. The van der Waals surface area contributed by atoms with Gasteiger partial charge in [-0.3, -0.25) is 4.90 Å². The van der Waals surface area contributed by atoms with Gasteiger partial charge in [0.15, 0.2) is 0 Å². The zero-order valence-corrected chi connectivity index (χ0v) is 10.6. The number of nitrogens with zero attached hydrogens (tertiary/aromatic N) is 2. The van der Waals surface area contributed by atoms with Crippen LogP contribution in [0.4, 0.5) is 4.39 Å². The second kappa shape index (κ2) is 5.47. The molecule has 0 bridgehead atoms. The Balaban J connectivity index is 2.08. The average molecular weight is 247 g/mol. The largest absolute Gasteiger partial charge is 0.328 e. The van der Waals surface area contributed by atoms with Crippen molar-refractivity contribution in [1.82, 2.24) is 4.90 Å². The van der Waals surface area contributed by atoms with Crippen LogP contribution in [-0.4, -0.2) is 23.5 Å². The van der Waals surface area contributed by atoms with E-state index in [1.54, 1.807) is 12.1 Å². The lowest BCUT2D eigenvalue weighted by Crippen LogP contribution is -2.44. The van der Waals surface area contributed by atoms with Crippen molar-refractivity contribution in [2.45, 2.75) is 38.4 Å². The average Bonchev–Trinajstić information content (AvgIpc) is 2.35. The Morgan fingerprint density at radius 3 is 3.00 bits per heavy atom. The molecule has 1 aromatic carbocycles. The number of hydrogen-bond acceptors (Lipinski definition) is 3.